The lowest BCUT2D eigenvalue weighted by molar-refractivity contribution is -0.116. The molecule has 0 spiro atoms. The summed E-state index contributed by atoms with van der Waals surface area (Å²) in [5.41, 5.74) is 3.30. The first-order valence-corrected chi connectivity index (χ1v) is 9.43. The quantitative estimate of drug-likeness (QED) is 0.510. The number of halogens is 3. The molecule has 3 rings (SSSR count). The molecule has 0 aliphatic rings. The van der Waals surface area contributed by atoms with E-state index in [-0.39, 0.29) is 12.3 Å². The van der Waals surface area contributed by atoms with Crippen molar-refractivity contribution in [3.05, 3.63) is 68.6 Å². The summed E-state index contributed by atoms with van der Waals surface area (Å²) in [6.45, 7) is 3.86. The summed E-state index contributed by atoms with van der Waals surface area (Å²) in [5.74, 6) is 0.829. The van der Waals surface area contributed by atoms with Crippen molar-refractivity contribution in [2.45, 2.75) is 26.7 Å². The fraction of sp³-hybridized carbons (Fsp3) is 0.200. The van der Waals surface area contributed by atoms with E-state index in [4.69, 9.17) is 39.2 Å². The van der Waals surface area contributed by atoms with Crippen LogP contribution in [-0.2, 0) is 11.2 Å². The third kappa shape index (κ3) is 4.83. The number of amides is 1. The zero-order valence-corrected chi connectivity index (χ0v) is 17.0. The van der Waals surface area contributed by atoms with Crippen molar-refractivity contribution in [2.75, 3.05) is 5.32 Å². The number of hydrogen-bond donors (Lipinski definition) is 1. The standard InChI is InChI=1S/C20H17Cl3N2O2/c1-11-7-12(2)20(16(23)8-11)25-18(26)5-6-19-24-10-17(27-19)14-4-3-13(21)9-15(14)22/h3-4,7-10H,5-6H2,1-2H3,(H,25,26). The van der Waals surface area contributed by atoms with Crippen molar-refractivity contribution in [1.82, 2.24) is 4.98 Å². The number of aromatic nitrogens is 1. The van der Waals surface area contributed by atoms with Crippen molar-refractivity contribution in [2.24, 2.45) is 0 Å². The predicted octanol–water partition coefficient (Wildman–Crippen LogP) is 6.49. The van der Waals surface area contributed by atoms with Gasteiger partial charge in [0.15, 0.2) is 11.7 Å². The van der Waals surface area contributed by atoms with Gasteiger partial charge in [0.2, 0.25) is 5.91 Å². The number of oxazole rings is 1. The molecule has 0 aliphatic heterocycles. The fourth-order valence-electron chi connectivity index (χ4n) is 2.74. The van der Waals surface area contributed by atoms with Crippen LogP contribution in [0.3, 0.4) is 0 Å². The van der Waals surface area contributed by atoms with E-state index in [1.807, 2.05) is 26.0 Å². The number of anilines is 1. The second-order valence-electron chi connectivity index (χ2n) is 6.23. The van der Waals surface area contributed by atoms with Crippen LogP contribution in [0, 0.1) is 13.8 Å². The molecule has 140 valence electrons. The predicted molar refractivity (Wildman–Crippen MR) is 110 cm³/mol. The van der Waals surface area contributed by atoms with E-state index in [0.29, 0.717) is 44.4 Å². The van der Waals surface area contributed by atoms with Gasteiger partial charge in [0.1, 0.15) is 0 Å². The van der Waals surface area contributed by atoms with Gasteiger partial charge in [-0.2, -0.15) is 0 Å². The molecule has 0 bridgehead atoms. The van der Waals surface area contributed by atoms with Crippen LogP contribution in [-0.4, -0.2) is 10.9 Å². The minimum atomic E-state index is -0.159. The van der Waals surface area contributed by atoms with Gasteiger partial charge in [-0.1, -0.05) is 40.9 Å². The Morgan fingerprint density at radius 2 is 1.89 bits per heavy atom. The molecule has 4 nitrogen and oxygen atoms in total. The molecule has 1 N–H and O–H groups in total. The van der Waals surface area contributed by atoms with Crippen LogP contribution in [0.15, 0.2) is 40.9 Å². The maximum Gasteiger partial charge on any atom is 0.224 e. The molecule has 0 atom stereocenters. The molecular formula is C20H17Cl3N2O2. The highest BCUT2D eigenvalue weighted by atomic mass is 35.5. The van der Waals surface area contributed by atoms with E-state index >= 15 is 0 Å². The van der Waals surface area contributed by atoms with E-state index in [1.165, 1.54) is 0 Å². The molecule has 1 amide bonds. The summed E-state index contributed by atoms with van der Waals surface area (Å²) >= 11 is 18.3. The average Bonchev–Trinajstić information content (AvgIpc) is 3.05. The number of rotatable bonds is 5. The van der Waals surface area contributed by atoms with E-state index in [1.54, 1.807) is 24.4 Å². The van der Waals surface area contributed by atoms with Crippen molar-refractivity contribution in [3.8, 4) is 11.3 Å². The number of aryl methyl sites for hydroxylation is 3. The number of benzene rings is 2. The Kier molecular flexibility index (Phi) is 6.10. The summed E-state index contributed by atoms with van der Waals surface area (Å²) in [5, 5.41) is 4.40. The van der Waals surface area contributed by atoms with Gasteiger partial charge in [-0.3, -0.25) is 4.79 Å². The molecule has 0 saturated heterocycles. The van der Waals surface area contributed by atoms with E-state index in [9.17, 15) is 4.79 Å². The zero-order valence-electron chi connectivity index (χ0n) is 14.8. The van der Waals surface area contributed by atoms with Gasteiger partial charge in [-0.25, -0.2) is 4.98 Å². The highest BCUT2D eigenvalue weighted by Gasteiger charge is 2.13. The molecule has 0 saturated carbocycles. The lowest BCUT2D eigenvalue weighted by Crippen LogP contribution is -2.13. The smallest absolute Gasteiger partial charge is 0.224 e. The van der Waals surface area contributed by atoms with E-state index < -0.39 is 0 Å². The van der Waals surface area contributed by atoms with Gasteiger partial charge in [0.25, 0.3) is 0 Å². The van der Waals surface area contributed by atoms with E-state index in [0.717, 1.165) is 11.1 Å². The third-order valence-corrected chi connectivity index (χ3v) is 4.86. The van der Waals surface area contributed by atoms with Crippen molar-refractivity contribution in [1.29, 1.82) is 0 Å². The fourth-order valence-corrected chi connectivity index (χ4v) is 3.61. The molecule has 1 heterocycles. The Morgan fingerprint density at radius 3 is 2.59 bits per heavy atom. The van der Waals surface area contributed by atoms with Gasteiger partial charge in [-0.15, -0.1) is 0 Å². The van der Waals surface area contributed by atoms with Crippen molar-refractivity contribution >= 4 is 46.4 Å². The maximum atomic E-state index is 12.3. The summed E-state index contributed by atoms with van der Waals surface area (Å²) in [6.07, 6.45) is 2.17. The number of nitrogens with zero attached hydrogens (tertiary/aromatic N) is 1. The topological polar surface area (TPSA) is 55.1 Å². The summed E-state index contributed by atoms with van der Waals surface area (Å²) in [7, 11) is 0. The van der Waals surface area contributed by atoms with Gasteiger partial charge in [-0.05, 0) is 49.2 Å². The number of carbonyl (C=O) groups is 1. The molecule has 2 aromatic carbocycles. The van der Waals surface area contributed by atoms with Crippen LogP contribution >= 0.6 is 34.8 Å². The maximum absolute atomic E-state index is 12.3. The first-order chi connectivity index (χ1) is 12.8. The van der Waals surface area contributed by atoms with E-state index in [2.05, 4.69) is 10.3 Å². The van der Waals surface area contributed by atoms with Crippen LogP contribution in [0.25, 0.3) is 11.3 Å². The molecule has 0 aliphatic carbocycles. The van der Waals surface area contributed by atoms with Crippen LogP contribution < -0.4 is 5.32 Å². The van der Waals surface area contributed by atoms with Crippen LogP contribution in [0.4, 0.5) is 5.69 Å². The highest BCUT2D eigenvalue weighted by Crippen LogP contribution is 2.31. The molecule has 0 fully saturated rings. The van der Waals surface area contributed by atoms with Crippen LogP contribution in [0.5, 0.6) is 0 Å². The Labute approximate surface area is 172 Å². The average molecular weight is 424 g/mol. The lowest BCUT2D eigenvalue weighted by Gasteiger charge is -2.11. The number of carbonyl (C=O) groups excluding carboxylic acids is 1. The van der Waals surface area contributed by atoms with Crippen LogP contribution in [0.1, 0.15) is 23.4 Å². The second kappa shape index (κ2) is 8.34. The first kappa shape index (κ1) is 19.7. The monoisotopic (exact) mass is 422 g/mol. The molecule has 27 heavy (non-hydrogen) atoms. The molecule has 0 unspecified atom stereocenters. The van der Waals surface area contributed by atoms with Crippen molar-refractivity contribution in [3.63, 3.8) is 0 Å². The van der Waals surface area contributed by atoms with Gasteiger partial charge in [0, 0.05) is 23.4 Å². The largest absolute Gasteiger partial charge is 0.441 e. The Morgan fingerprint density at radius 1 is 1.11 bits per heavy atom. The minimum Gasteiger partial charge on any atom is -0.441 e. The molecule has 0 radical (unpaired) electrons. The summed E-state index contributed by atoms with van der Waals surface area (Å²) in [4.78, 5) is 16.5. The highest BCUT2D eigenvalue weighted by molar-refractivity contribution is 6.36. The third-order valence-electron chi connectivity index (χ3n) is 4.01. The lowest BCUT2D eigenvalue weighted by atomic mass is 10.1. The number of hydrogen-bond acceptors (Lipinski definition) is 3. The minimum absolute atomic E-state index is 0.159. The van der Waals surface area contributed by atoms with Crippen molar-refractivity contribution < 1.29 is 9.21 Å². The van der Waals surface area contributed by atoms with Gasteiger partial charge in [0.05, 0.1) is 21.9 Å². The molecular weight excluding hydrogens is 407 g/mol. The van der Waals surface area contributed by atoms with Gasteiger partial charge >= 0.3 is 0 Å². The Balaban J connectivity index is 1.64. The zero-order chi connectivity index (χ0) is 19.6. The normalized spacial score (nSPS) is 10.9. The van der Waals surface area contributed by atoms with Gasteiger partial charge < -0.3 is 9.73 Å². The number of nitrogens with one attached hydrogen (secondary N) is 1. The second-order valence-corrected chi connectivity index (χ2v) is 7.48. The summed E-state index contributed by atoms with van der Waals surface area (Å²) in [6, 6.07) is 8.93. The molecule has 7 heteroatoms. The molecule has 1 aromatic heterocycles. The Bertz CT molecular complexity index is 976. The first-order valence-electron chi connectivity index (χ1n) is 8.30. The summed E-state index contributed by atoms with van der Waals surface area (Å²) < 4.78 is 5.71. The van der Waals surface area contributed by atoms with Crippen LogP contribution in [0.2, 0.25) is 15.1 Å². The molecule has 3 aromatic rings. The Hall–Kier alpha value is -2.01. The SMILES string of the molecule is Cc1cc(C)c(NC(=O)CCc2ncc(-c3ccc(Cl)cc3Cl)o2)c(Cl)c1.